The van der Waals surface area contributed by atoms with Crippen LogP contribution in [0, 0.1) is 5.92 Å². The van der Waals surface area contributed by atoms with Crippen LogP contribution in [0.2, 0.25) is 0 Å². The van der Waals surface area contributed by atoms with Crippen molar-refractivity contribution in [2.75, 3.05) is 19.7 Å². The average Bonchev–Trinajstić information content (AvgIpc) is 2.55. The number of nitrogens with zero attached hydrogens (tertiary/aromatic N) is 1. The van der Waals surface area contributed by atoms with E-state index in [0.29, 0.717) is 12.5 Å². The summed E-state index contributed by atoms with van der Waals surface area (Å²) in [6, 6.07) is 10.4. The minimum Gasteiger partial charge on any atom is -0.444 e. The number of rotatable bonds is 5. The molecule has 1 aliphatic rings. The van der Waals surface area contributed by atoms with Gasteiger partial charge in [0.2, 0.25) is 0 Å². The summed E-state index contributed by atoms with van der Waals surface area (Å²) in [5, 5.41) is 0. The van der Waals surface area contributed by atoms with Crippen LogP contribution in [0.4, 0.5) is 4.79 Å². The average molecular weight is 333 g/mol. The lowest BCUT2D eigenvalue weighted by Gasteiger charge is -2.37. The van der Waals surface area contributed by atoms with Crippen molar-refractivity contribution in [2.24, 2.45) is 5.92 Å². The summed E-state index contributed by atoms with van der Waals surface area (Å²) in [5.41, 5.74) is 0.740. The summed E-state index contributed by atoms with van der Waals surface area (Å²) in [4.78, 5) is 14.2. The molecule has 24 heavy (non-hydrogen) atoms. The molecule has 0 bridgehead atoms. The Hall–Kier alpha value is -1.55. The second kappa shape index (κ2) is 8.52. The van der Waals surface area contributed by atoms with Gasteiger partial charge in [0.15, 0.2) is 0 Å². The summed E-state index contributed by atoms with van der Waals surface area (Å²) in [7, 11) is 0. The molecule has 4 heteroatoms. The Morgan fingerprint density at radius 2 is 2.00 bits per heavy atom. The van der Waals surface area contributed by atoms with Crippen LogP contribution in [0.5, 0.6) is 0 Å². The Labute approximate surface area is 146 Å². The largest absolute Gasteiger partial charge is 0.444 e. The molecule has 4 nitrogen and oxygen atoms in total. The fourth-order valence-electron chi connectivity index (χ4n) is 3.14. The molecule has 0 aromatic heterocycles. The van der Waals surface area contributed by atoms with Crippen LogP contribution in [-0.4, -0.2) is 36.3 Å². The van der Waals surface area contributed by atoms with Gasteiger partial charge in [-0.15, -0.1) is 0 Å². The van der Waals surface area contributed by atoms with Gasteiger partial charge in [0.1, 0.15) is 5.60 Å². The van der Waals surface area contributed by atoms with Crippen LogP contribution >= 0.6 is 0 Å². The number of amides is 1. The quantitative estimate of drug-likeness (QED) is 0.777. The molecule has 1 amide bonds. The van der Waals surface area contributed by atoms with E-state index in [1.807, 2.05) is 43.9 Å². The molecule has 1 saturated heterocycles. The molecule has 1 aliphatic heterocycles. The molecular weight excluding hydrogens is 302 g/mol. The van der Waals surface area contributed by atoms with Gasteiger partial charge in [0.05, 0.1) is 6.10 Å². The molecule has 2 unspecified atom stereocenters. The number of benzene rings is 1. The highest BCUT2D eigenvalue weighted by atomic mass is 16.6. The predicted octanol–water partition coefficient (Wildman–Crippen LogP) is 4.80. The zero-order valence-electron chi connectivity index (χ0n) is 15.5. The number of piperidine rings is 1. The van der Waals surface area contributed by atoms with Crippen LogP contribution < -0.4 is 0 Å². The summed E-state index contributed by atoms with van der Waals surface area (Å²) in [6.07, 6.45) is 2.88. The Morgan fingerprint density at radius 1 is 1.29 bits per heavy atom. The summed E-state index contributed by atoms with van der Waals surface area (Å²) >= 11 is 0. The van der Waals surface area contributed by atoms with Crippen molar-refractivity contribution in [3.05, 3.63) is 35.9 Å². The van der Waals surface area contributed by atoms with Gasteiger partial charge in [-0.3, -0.25) is 0 Å². The molecule has 134 valence electrons. The van der Waals surface area contributed by atoms with E-state index in [4.69, 9.17) is 9.47 Å². The maximum Gasteiger partial charge on any atom is 0.410 e. The molecule has 1 aromatic carbocycles. The van der Waals surface area contributed by atoms with Gasteiger partial charge in [-0.2, -0.15) is 0 Å². The first-order valence-corrected chi connectivity index (χ1v) is 9.05. The van der Waals surface area contributed by atoms with Crippen molar-refractivity contribution in [3.8, 4) is 0 Å². The van der Waals surface area contributed by atoms with E-state index in [1.54, 1.807) is 0 Å². The Balaban J connectivity index is 2.08. The third kappa shape index (κ3) is 5.52. The first kappa shape index (κ1) is 18.8. The van der Waals surface area contributed by atoms with Crippen LogP contribution in [0.1, 0.15) is 58.6 Å². The number of carbonyl (C=O) groups is 1. The van der Waals surface area contributed by atoms with Crippen molar-refractivity contribution in [1.29, 1.82) is 0 Å². The van der Waals surface area contributed by atoms with Crippen molar-refractivity contribution in [2.45, 2.75) is 58.7 Å². The van der Waals surface area contributed by atoms with Crippen LogP contribution in [0.25, 0.3) is 0 Å². The molecule has 1 aromatic rings. The van der Waals surface area contributed by atoms with E-state index in [-0.39, 0.29) is 12.2 Å². The highest BCUT2D eigenvalue weighted by Gasteiger charge is 2.32. The SMILES string of the molecule is CCCOC(c1ccccc1)C1CCCN(C(=O)OC(C)(C)C)C1. The number of hydrogen-bond donors (Lipinski definition) is 0. The van der Waals surface area contributed by atoms with Crippen LogP contribution in [-0.2, 0) is 9.47 Å². The van der Waals surface area contributed by atoms with E-state index in [9.17, 15) is 4.79 Å². The lowest BCUT2D eigenvalue weighted by atomic mass is 9.88. The van der Waals surface area contributed by atoms with Crippen molar-refractivity contribution >= 4 is 6.09 Å². The summed E-state index contributed by atoms with van der Waals surface area (Å²) < 4.78 is 11.7. The molecule has 1 heterocycles. The normalized spacial score (nSPS) is 19.8. The van der Waals surface area contributed by atoms with E-state index >= 15 is 0 Å². The maximum absolute atomic E-state index is 12.4. The van der Waals surface area contributed by atoms with Gasteiger partial charge >= 0.3 is 6.09 Å². The van der Waals surface area contributed by atoms with Gasteiger partial charge in [0, 0.05) is 25.6 Å². The lowest BCUT2D eigenvalue weighted by Crippen LogP contribution is -2.44. The molecule has 2 atom stereocenters. The zero-order chi connectivity index (χ0) is 17.6. The van der Waals surface area contributed by atoms with E-state index in [0.717, 1.165) is 32.4 Å². The van der Waals surface area contributed by atoms with Gasteiger partial charge < -0.3 is 14.4 Å². The number of ether oxygens (including phenoxy) is 2. The second-order valence-corrected chi connectivity index (χ2v) is 7.53. The molecule has 1 fully saturated rings. The van der Waals surface area contributed by atoms with Gasteiger partial charge in [-0.05, 0) is 45.6 Å². The van der Waals surface area contributed by atoms with E-state index in [1.165, 1.54) is 5.56 Å². The molecule has 0 saturated carbocycles. The minimum absolute atomic E-state index is 0.0383. The topological polar surface area (TPSA) is 38.8 Å². The predicted molar refractivity (Wildman–Crippen MR) is 96.0 cm³/mol. The van der Waals surface area contributed by atoms with Crippen molar-refractivity contribution < 1.29 is 14.3 Å². The highest BCUT2D eigenvalue weighted by Crippen LogP contribution is 2.33. The Morgan fingerprint density at radius 3 is 2.62 bits per heavy atom. The number of hydrogen-bond acceptors (Lipinski definition) is 3. The minimum atomic E-state index is -0.457. The summed E-state index contributed by atoms with van der Waals surface area (Å²) in [6.45, 7) is 10.0. The number of likely N-dealkylation sites (tertiary alicyclic amines) is 1. The second-order valence-electron chi connectivity index (χ2n) is 7.53. The maximum atomic E-state index is 12.4. The molecule has 0 spiro atoms. The molecule has 0 aliphatic carbocycles. The molecule has 2 rings (SSSR count). The highest BCUT2D eigenvalue weighted by molar-refractivity contribution is 5.68. The fraction of sp³-hybridized carbons (Fsp3) is 0.650. The van der Waals surface area contributed by atoms with Gasteiger partial charge in [-0.1, -0.05) is 37.3 Å². The van der Waals surface area contributed by atoms with E-state index < -0.39 is 5.60 Å². The fourth-order valence-corrected chi connectivity index (χ4v) is 3.14. The van der Waals surface area contributed by atoms with Crippen LogP contribution in [0.3, 0.4) is 0 Å². The lowest BCUT2D eigenvalue weighted by molar-refractivity contribution is -0.0254. The molecule has 0 radical (unpaired) electrons. The Kier molecular flexibility index (Phi) is 6.67. The standard InChI is InChI=1S/C20H31NO3/c1-5-14-23-18(16-10-7-6-8-11-16)17-12-9-13-21(15-17)19(22)24-20(2,3)4/h6-8,10-11,17-18H,5,9,12-15H2,1-4H3. The molecular formula is C20H31NO3. The third-order valence-electron chi connectivity index (χ3n) is 4.17. The molecule has 0 N–H and O–H groups in total. The van der Waals surface area contributed by atoms with Gasteiger partial charge in [0.25, 0.3) is 0 Å². The number of carbonyl (C=O) groups excluding carboxylic acids is 1. The smallest absolute Gasteiger partial charge is 0.410 e. The van der Waals surface area contributed by atoms with Crippen molar-refractivity contribution in [3.63, 3.8) is 0 Å². The van der Waals surface area contributed by atoms with Crippen LogP contribution in [0.15, 0.2) is 30.3 Å². The first-order chi connectivity index (χ1) is 11.4. The zero-order valence-corrected chi connectivity index (χ0v) is 15.5. The Bertz CT molecular complexity index is 509. The van der Waals surface area contributed by atoms with Gasteiger partial charge in [-0.25, -0.2) is 4.79 Å². The third-order valence-corrected chi connectivity index (χ3v) is 4.17. The van der Waals surface area contributed by atoms with E-state index in [2.05, 4.69) is 19.1 Å². The van der Waals surface area contributed by atoms with Crippen molar-refractivity contribution in [1.82, 2.24) is 4.90 Å². The summed E-state index contributed by atoms with van der Waals surface area (Å²) in [5.74, 6) is 0.306. The first-order valence-electron chi connectivity index (χ1n) is 9.05. The monoisotopic (exact) mass is 333 g/mol.